The van der Waals surface area contributed by atoms with Crippen molar-refractivity contribution in [2.24, 2.45) is 0 Å². The van der Waals surface area contributed by atoms with E-state index in [9.17, 15) is 14.9 Å². The van der Waals surface area contributed by atoms with E-state index in [2.05, 4.69) is 5.32 Å². The van der Waals surface area contributed by atoms with Crippen molar-refractivity contribution >= 4 is 40.4 Å². The number of nitro benzene ring substituents is 1. The Labute approximate surface area is 130 Å². The summed E-state index contributed by atoms with van der Waals surface area (Å²) in [6.07, 6.45) is 0. The minimum absolute atomic E-state index is 0.0130. The summed E-state index contributed by atoms with van der Waals surface area (Å²) in [5, 5.41) is 15.6. The van der Waals surface area contributed by atoms with Gasteiger partial charge in [0, 0.05) is 16.7 Å². The van der Waals surface area contributed by atoms with Gasteiger partial charge in [0.25, 0.3) is 5.69 Å². The zero-order chi connectivity index (χ0) is 15.2. The van der Waals surface area contributed by atoms with Crippen LogP contribution in [-0.4, -0.2) is 16.6 Å². The highest BCUT2D eigenvalue weighted by atomic mass is 32.2. The van der Waals surface area contributed by atoms with Crippen LogP contribution in [0.15, 0.2) is 35.7 Å². The summed E-state index contributed by atoms with van der Waals surface area (Å²) in [5.74, 6) is 0.958. The van der Waals surface area contributed by atoms with Gasteiger partial charge < -0.3 is 5.32 Å². The molecule has 0 aliphatic carbocycles. The summed E-state index contributed by atoms with van der Waals surface area (Å²) in [6, 6.07) is 8.67. The van der Waals surface area contributed by atoms with E-state index in [1.807, 2.05) is 17.5 Å². The van der Waals surface area contributed by atoms with Crippen LogP contribution in [0.2, 0.25) is 0 Å². The van der Waals surface area contributed by atoms with E-state index >= 15 is 0 Å². The van der Waals surface area contributed by atoms with E-state index in [0.717, 1.165) is 5.75 Å². The standard InChI is InChI=1S/C14H14N2O3S2/c1-10-12(5-2-6-13(10)16(18)19)15-14(17)9-20-8-11-4-3-7-21-11/h2-7H,8-9H2,1H3,(H,15,17). The first-order valence-corrected chi connectivity index (χ1v) is 8.25. The van der Waals surface area contributed by atoms with E-state index < -0.39 is 4.92 Å². The van der Waals surface area contributed by atoms with Crippen molar-refractivity contribution in [3.8, 4) is 0 Å². The van der Waals surface area contributed by atoms with Crippen molar-refractivity contribution in [3.63, 3.8) is 0 Å². The number of anilines is 1. The molecule has 0 bridgehead atoms. The summed E-state index contributed by atoms with van der Waals surface area (Å²) >= 11 is 3.18. The summed E-state index contributed by atoms with van der Waals surface area (Å²) in [6.45, 7) is 1.63. The molecule has 1 heterocycles. The molecule has 0 aliphatic heterocycles. The van der Waals surface area contributed by atoms with Crippen molar-refractivity contribution in [2.75, 3.05) is 11.1 Å². The van der Waals surface area contributed by atoms with Gasteiger partial charge >= 0.3 is 0 Å². The number of carbonyl (C=O) groups excluding carboxylic acids is 1. The zero-order valence-electron chi connectivity index (χ0n) is 11.4. The molecule has 0 fully saturated rings. The molecule has 0 spiro atoms. The number of carbonyl (C=O) groups is 1. The molecule has 5 nitrogen and oxygen atoms in total. The van der Waals surface area contributed by atoms with E-state index in [4.69, 9.17) is 0 Å². The van der Waals surface area contributed by atoms with Crippen molar-refractivity contribution in [3.05, 3.63) is 56.3 Å². The summed E-state index contributed by atoms with van der Waals surface area (Å²) in [4.78, 5) is 23.5. The molecule has 0 aliphatic rings. The summed E-state index contributed by atoms with van der Waals surface area (Å²) < 4.78 is 0. The first-order chi connectivity index (χ1) is 10.1. The van der Waals surface area contributed by atoms with Crippen molar-refractivity contribution in [1.29, 1.82) is 0 Å². The van der Waals surface area contributed by atoms with E-state index in [1.54, 1.807) is 30.4 Å². The van der Waals surface area contributed by atoms with Crippen molar-refractivity contribution < 1.29 is 9.72 Å². The van der Waals surface area contributed by atoms with Gasteiger partial charge in [0.05, 0.1) is 21.9 Å². The Morgan fingerprint density at radius 1 is 1.38 bits per heavy atom. The average Bonchev–Trinajstić information content (AvgIpc) is 2.94. The minimum atomic E-state index is -0.448. The molecule has 2 aromatic rings. The molecular formula is C14H14N2O3S2. The molecule has 0 radical (unpaired) electrons. The molecule has 1 N–H and O–H groups in total. The van der Waals surface area contributed by atoms with Gasteiger partial charge in [0.15, 0.2) is 0 Å². The number of thioether (sulfide) groups is 1. The quantitative estimate of drug-likeness (QED) is 0.648. The monoisotopic (exact) mass is 322 g/mol. The maximum absolute atomic E-state index is 11.9. The maximum atomic E-state index is 11.9. The SMILES string of the molecule is Cc1c(NC(=O)CSCc2cccs2)cccc1[N+](=O)[O-]. The van der Waals surface area contributed by atoms with Crippen LogP contribution in [-0.2, 0) is 10.5 Å². The molecule has 0 saturated heterocycles. The van der Waals surface area contributed by atoms with Crippen LogP contribution in [0.25, 0.3) is 0 Å². The predicted octanol–water partition coefficient (Wildman–Crippen LogP) is 3.84. The van der Waals surface area contributed by atoms with Gasteiger partial charge in [0.2, 0.25) is 5.91 Å². The number of rotatable bonds is 6. The maximum Gasteiger partial charge on any atom is 0.274 e. The van der Waals surface area contributed by atoms with Crippen LogP contribution in [0, 0.1) is 17.0 Å². The normalized spacial score (nSPS) is 10.3. The van der Waals surface area contributed by atoms with Crippen molar-refractivity contribution in [2.45, 2.75) is 12.7 Å². The molecule has 2 rings (SSSR count). The predicted molar refractivity (Wildman–Crippen MR) is 86.9 cm³/mol. The zero-order valence-corrected chi connectivity index (χ0v) is 13.0. The number of nitrogens with one attached hydrogen (secondary N) is 1. The van der Waals surface area contributed by atoms with Crippen LogP contribution in [0.3, 0.4) is 0 Å². The molecule has 110 valence electrons. The fourth-order valence-corrected chi connectivity index (χ4v) is 3.45. The van der Waals surface area contributed by atoms with E-state index in [1.165, 1.54) is 22.7 Å². The van der Waals surface area contributed by atoms with Crippen molar-refractivity contribution in [1.82, 2.24) is 0 Å². The van der Waals surface area contributed by atoms with Crippen LogP contribution in [0.4, 0.5) is 11.4 Å². The van der Waals surface area contributed by atoms with Gasteiger partial charge in [-0.15, -0.1) is 23.1 Å². The average molecular weight is 322 g/mol. The van der Waals surface area contributed by atoms with Gasteiger partial charge in [-0.05, 0) is 24.4 Å². The third-order valence-electron chi connectivity index (χ3n) is 2.83. The number of benzene rings is 1. The van der Waals surface area contributed by atoms with Gasteiger partial charge in [0.1, 0.15) is 0 Å². The lowest BCUT2D eigenvalue weighted by atomic mass is 10.1. The van der Waals surface area contributed by atoms with E-state index in [0.29, 0.717) is 17.0 Å². The first kappa shape index (κ1) is 15.5. The third kappa shape index (κ3) is 4.30. The topological polar surface area (TPSA) is 72.2 Å². The first-order valence-electron chi connectivity index (χ1n) is 6.22. The molecule has 0 unspecified atom stereocenters. The lowest BCUT2D eigenvalue weighted by Crippen LogP contribution is -2.15. The van der Waals surface area contributed by atoms with Gasteiger partial charge in [-0.2, -0.15) is 0 Å². The Bertz CT molecular complexity index is 642. The molecule has 1 aromatic carbocycles. The highest BCUT2D eigenvalue weighted by Gasteiger charge is 2.14. The second kappa shape index (κ2) is 7.24. The Hall–Kier alpha value is -1.86. The largest absolute Gasteiger partial charge is 0.325 e. The van der Waals surface area contributed by atoms with Gasteiger partial charge in [-0.25, -0.2) is 0 Å². The van der Waals surface area contributed by atoms with Crippen LogP contribution >= 0.6 is 23.1 Å². The molecule has 7 heteroatoms. The number of amides is 1. The lowest BCUT2D eigenvalue weighted by Gasteiger charge is -2.08. The number of thiophene rings is 1. The van der Waals surface area contributed by atoms with Crippen LogP contribution in [0.5, 0.6) is 0 Å². The Morgan fingerprint density at radius 2 is 2.19 bits per heavy atom. The molecule has 0 atom stereocenters. The van der Waals surface area contributed by atoms with Gasteiger partial charge in [-0.1, -0.05) is 12.1 Å². The van der Waals surface area contributed by atoms with Crippen LogP contribution in [0.1, 0.15) is 10.4 Å². The highest BCUT2D eigenvalue weighted by Crippen LogP contribution is 2.25. The molecule has 0 saturated carbocycles. The minimum Gasteiger partial charge on any atom is -0.325 e. The molecule has 21 heavy (non-hydrogen) atoms. The third-order valence-corrected chi connectivity index (χ3v) is 4.87. The molecule has 1 aromatic heterocycles. The molecular weight excluding hydrogens is 308 g/mol. The Morgan fingerprint density at radius 3 is 2.86 bits per heavy atom. The van der Waals surface area contributed by atoms with Gasteiger partial charge in [-0.3, -0.25) is 14.9 Å². The molecule has 1 amide bonds. The number of nitro groups is 1. The number of hydrogen-bond acceptors (Lipinski definition) is 5. The fraction of sp³-hybridized carbons (Fsp3) is 0.214. The Balaban J connectivity index is 1.90. The fourth-order valence-electron chi connectivity index (χ4n) is 1.78. The smallest absolute Gasteiger partial charge is 0.274 e. The Kier molecular flexibility index (Phi) is 5.35. The summed E-state index contributed by atoms with van der Waals surface area (Å²) in [7, 11) is 0. The summed E-state index contributed by atoms with van der Waals surface area (Å²) in [5.41, 5.74) is 0.976. The van der Waals surface area contributed by atoms with Crippen LogP contribution < -0.4 is 5.32 Å². The lowest BCUT2D eigenvalue weighted by molar-refractivity contribution is -0.385. The van der Waals surface area contributed by atoms with E-state index in [-0.39, 0.29) is 11.6 Å². The number of nitrogens with zero attached hydrogens (tertiary/aromatic N) is 1. The highest BCUT2D eigenvalue weighted by molar-refractivity contribution is 7.99. The number of hydrogen-bond donors (Lipinski definition) is 1. The second-order valence-electron chi connectivity index (χ2n) is 4.33. The second-order valence-corrected chi connectivity index (χ2v) is 6.34.